The lowest BCUT2D eigenvalue weighted by Crippen LogP contribution is -2.00. The van der Waals surface area contributed by atoms with E-state index < -0.39 is 0 Å². The minimum absolute atomic E-state index is 0.512. The van der Waals surface area contributed by atoms with Gasteiger partial charge in [-0.15, -0.1) is 0 Å². The van der Waals surface area contributed by atoms with Gasteiger partial charge in [0.15, 0.2) is 34.9 Å². The van der Waals surface area contributed by atoms with Crippen LogP contribution in [-0.2, 0) is 0 Å². The van der Waals surface area contributed by atoms with Gasteiger partial charge in [-0.25, -0.2) is 29.9 Å². The first-order chi connectivity index (χ1) is 48.5. The zero-order valence-corrected chi connectivity index (χ0v) is 52.8. The van der Waals surface area contributed by atoms with E-state index in [1.807, 2.05) is 97.1 Å². The van der Waals surface area contributed by atoms with E-state index in [9.17, 15) is 0 Å². The van der Waals surface area contributed by atoms with Crippen LogP contribution in [0.4, 0.5) is 0 Å². The number of hydrogen-bond acceptors (Lipinski definition) is 8. The molecular weight excluding hydrogens is 1200 g/mol. The minimum atomic E-state index is 0.512. The summed E-state index contributed by atoms with van der Waals surface area (Å²) in [5, 5.41) is 3.99. The standard InChI is InChI=1S/C90H56N6O2/c1-5-22-57(23-6-1)59-44-46-60(47-45-59)80-55-64(48-50-73(80)68-33-19-35-70(54-68)88-92-85(61-26-9-3-10-27-61)93-89(95-88)78-41-20-39-76-74-38-15-16-43-81(74)97-83(76)78)65-49-51-75-77-40-21-42-79(84(77)98-82(75)56-65)90-94-86(62-28-11-4-12-29-62)91-87(96-90)69-34-18-32-67(53-69)72-37-14-13-36-71(72)66-31-17-30-63(52-66)58-24-7-2-8-25-58/h1-56H. The van der Waals surface area contributed by atoms with Crippen molar-refractivity contribution in [3.63, 3.8) is 0 Å². The largest absolute Gasteiger partial charge is 0.455 e. The van der Waals surface area contributed by atoms with E-state index in [0.29, 0.717) is 40.5 Å². The van der Waals surface area contributed by atoms with E-state index in [4.69, 9.17) is 38.7 Å². The molecule has 0 fully saturated rings. The zero-order valence-electron chi connectivity index (χ0n) is 52.8. The molecule has 4 aromatic heterocycles. The summed E-state index contributed by atoms with van der Waals surface area (Å²) in [6.45, 7) is 0. The first-order valence-electron chi connectivity index (χ1n) is 32.8. The molecule has 0 aliphatic carbocycles. The zero-order chi connectivity index (χ0) is 64.9. The number of rotatable bonds is 13. The number of para-hydroxylation sites is 3. The van der Waals surface area contributed by atoms with Gasteiger partial charge in [0.05, 0.1) is 11.1 Å². The van der Waals surface area contributed by atoms with Gasteiger partial charge in [-0.1, -0.05) is 285 Å². The van der Waals surface area contributed by atoms with Crippen molar-refractivity contribution in [3.05, 3.63) is 340 Å². The summed E-state index contributed by atoms with van der Waals surface area (Å²) in [6, 6.07) is 118. The Kier molecular flexibility index (Phi) is 14.4. The Labute approximate surface area is 565 Å². The van der Waals surface area contributed by atoms with Crippen molar-refractivity contribution >= 4 is 43.9 Å². The highest BCUT2D eigenvalue weighted by molar-refractivity contribution is 6.11. The summed E-state index contributed by atoms with van der Waals surface area (Å²) in [6.07, 6.45) is 0. The molecule has 458 valence electrons. The van der Waals surface area contributed by atoms with Crippen LogP contribution < -0.4 is 0 Å². The molecule has 8 nitrogen and oxygen atoms in total. The van der Waals surface area contributed by atoms with Gasteiger partial charge in [-0.05, 0) is 132 Å². The predicted molar refractivity (Wildman–Crippen MR) is 398 cm³/mol. The van der Waals surface area contributed by atoms with Crippen molar-refractivity contribution in [1.82, 2.24) is 29.9 Å². The number of fused-ring (bicyclic) bond motifs is 6. The summed E-state index contributed by atoms with van der Waals surface area (Å²) >= 11 is 0. The van der Waals surface area contributed by atoms with Crippen molar-refractivity contribution in [3.8, 4) is 146 Å². The van der Waals surface area contributed by atoms with Crippen LogP contribution in [0.5, 0.6) is 0 Å². The van der Waals surface area contributed by atoms with Crippen LogP contribution in [-0.4, -0.2) is 29.9 Å². The lowest BCUT2D eigenvalue weighted by Gasteiger charge is -2.15. The highest BCUT2D eigenvalue weighted by Crippen LogP contribution is 2.43. The SMILES string of the molecule is c1ccc(-c2ccc(-c3cc(-c4ccc5c(c4)oc4c(-c6nc(-c7ccccc7)nc(-c7cccc(-c8ccccc8-c8cccc(-c9ccccc9)c8)c7)n6)cccc45)ccc3-c3cccc(-c4nc(-c5ccccc5)nc(-c5cccc6c5oc5ccccc56)n4)c3)cc2)cc1. The van der Waals surface area contributed by atoms with Gasteiger partial charge in [0, 0.05) is 43.8 Å². The first kappa shape index (κ1) is 57.4. The summed E-state index contributed by atoms with van der Waals surface area (Å²) < 4.78 is 13.6. The molecule has 0 aliphatic heterocycles. The van der Waals surface area contributed by atoms with Crippen LogP contribution >= 0.6 is 0 Å². The van der Waals surface area contributed by atoms with Gasteiger partial charge >= 0.3 is 0 Å². The van der Waals surface area contributed by atoms with Gasteiger partial charge in [0.25, 0.3) is 0 Å². The summed E-state index contributed by atoms with van der Waals surface area (Å²) in [5.41, 5.74) is 23.3. The third-order valence-electron chi connectivity index (χ3n) is 18.4. The van der Waals surface area contributed by atoms with E-state index in [1.165, 1.54) is 11.1 Å². The highest BCUT2D eigenvalue weighted by Gasteiger charge is 2.23. The molecule has 0 radical (unpaired) electrons. The Morgan fingerprint density at radius 3 is 1.02 bits per heavy atom. The molecule has 0 aliphatic rings. The molecule has 0 N–H and O–H groups in total. The maximum atomic E-state index is 7.06. The Morgan fingerprint density at radius 1 is 0.153 bits per heavy atom. The van der Waals surface area contributed by atoms with E-state index in [2.05, 4.69) is 243 Å². The molecule has 14 aromatic carbocycles. The number of hydrogen-bond donors (Lipinski definition) is 0. The molecular formula is C90H56N6O2. The van der Waals surface area contributed by atoms with Crippen LogP contribution in [0.1, 0.15) is 0 Å². The Bertz CT molecular complexity index is 6050. The number of nitrogens with zero attached hydrogens (tertiary/aromatic N) is 6. The molecule has 8 heteroatoms. The molecule has 0 unspecified atom stereocenters. The molecule has 0 saturated heterocycles. The normalized spacial score (nSPS) is 11.5. The summed E-state index contributed by atoms with van der Waals surface area (Å²) in [7, 11) is 0. The second kappa shape index (κ2) is 24.6. The molecule has 18 aromatic rings. The average molecular weight is 1250 g/mol. The first-order valence-corrected chi connectivity index (χ1v) is 32.8. The molecule has 0 saturated carbocycles. The van der Waals surface area contributed by atoms with Crippen molar-refractivity contribution < 1.29 is 8.83 Å². The van der Waals surface area contributed by atoms with Gasteiger partial charge in [0.2, 0.25) is 0 Å². The lowest BCUT2D eigenvalue weighted by molar-refractivity contribution is 0.669. The summed E-state index contributed by atoms with van der Waals surface area (Å²) in [5.74, 6) is 3.28. The third-order valence-corrected chi connectivity index (χ3v) is 18.4. The van der Waals surface area contributed by atoms with Crippen molar-refractivity contribution in [2.75, 3.05) is 0 Å². The monoisotopic (exact) mass is 1250 g/mol. The van der Waals surface area contributed by atoms with Crippen molar-refractivity contribution in [1.29, 1.82) is 0 Å². The molecule has 0 bridgehead atoms. The Hall–Kier alpha value is -13.3. The van der Waals surface area contributed by atoms with E-state index in [1.54, 1.807) is 0 Å². The average Bonchev–Trinajstić information content (AvgIpc) is 1.61. The van der Waals surface area contributed by atoms with Crippen molar-refractivity contribution in [2.45, 2.75) is 0 Å². The number of furan rings is 2. The smallest absolute Gasteiger partial charge is 0.167 e. The highest BCUT2D eigenvalue weighted by atomic mass is 16.3. The van der Waals surface area contributed by atoms with Crippen LogP contribution in [0, 0.1) is 0 Å². The molecule has 0 atom stereocenters. The quantitative estimate of drug-likeness (QED) is 0.112. The maximum absolute atomic E-state index is 7.06. The fraction of sp³-hybridized carbons (Fsp3) is 0. The van der Waals surface area contributed by atoms with E-state index in [0.717, 1.165) is 138 Å². The van der Waals surface area contributed by atoms with E-state index >= 15 is 0 Å². The van der Waals surface area contributed by atoms with Crippen LogP contribution in [0.3, 0.4) is 0 Å². The van der Waals surface area contributed by atoms with Crippen LogP contribution in [0.25, 0.3) is 190 Å². The van der Waals surface area contributed by atoms with Gasteiger partial charge in [-0.2, -0.15) is 0 Å². The fourth-order valence-electron chi connectivity index (χ4n) is 13.6. The van der Waals surface area contributed by atoms with Gasteiger partial charge < -0.3 is 8.83 Å². The third kappa shape index (κ3) is 10.7. The number of benzene rings is 14. The molecule has 4 heterocycles. The maximum Gasteiger partial charge on any atom is 0.167 e. The molecule has 18 rings (SSSR count). The molecule has 0 amide bonds. The van der Waals surface area contributed by atoms with Crippen LogP contribution in [0.2, 0.25) is 0 Å². The molecule has 0 spiro atoms. The van der Waals surface area contributed by atoms with Crippen molar-refractivity contribution in [2.24, 2.45) is 0 Å². The summed E-state index contributed by atoms with van der Waals surface area (Å²) in [4.78, 5) is 31.3. The second-order valence-corrected chi connectivity index (χ2v) is 24.5. The van der Waals surface area contributed by atoms with Gasteiger partial charge in [0.1, 0.15) is 22.3 Å². The second-order valence-electron chi connectivity index (χ2n) is 24.5. The topological polar surface area (TPSA) is 104 Å². The van der Waals surface area contributed by atoms with Crippen LogP contribution in [0.15, 0.2) is 349 Å². The Morgan fingerprint density at radius 2 is 0.469 bits per heavy atom. The minimum Gasteiger partial charge on any atom is -0.455 e. The Balaban J connectivity index is 0.727. The van der Waals surface area contributed by atoms with E-state index in [-0.39, 0.29) is 0 Å². The number of aromatic nitrogens is 6. The van der Waals surface area contributed by atoms with Gasteiger partial charge in [-0.3, -0.25) is 0 Å². The predicted octanol–water partition coefficient (Wildman–Crippen LogP) is 23.5. The fourth-order valence-corrected chi connectivity index (χ4v) is 13.6. The molecule has 98 heavy (non-hydrogen) atoms. The lowest BCUT2D eigenvalue weighted by atomic mass is 9.89.